The summed E-state index contributed by atoms with van der Waals surface area (Å²) in [5.41, 5.74) is -3.74. The molecule has 6 heteroatoms. The molecule has 0 aliphatic heterocycles. The molecule has 1 N–H and O–H groups in total. The van der Waals surface area contributed by atoms with Gasteiger partial charge < -0.3 is 5.11 Å². The Bertz CT molecular complexity index is 354. The molecule has 1 unspecified atom stereocenters. The highest BCUT2D eigenvalue weighted by atomic mass is 32.2. The molecule has 17 heavy (non-hydrogen) atoms. The normalized spacial score (nSPS) is 13.7. The zero-order chi connectivity index (χ0) is 12.9. The zero-order valence-electron chi connectivity index (χ0n) is 8.88. The molecule has 0 aliphatic rings. The number of benzene rings is 1. The summed E-state index contributed by atoms with van der Waals surface area (Å²) < 4.78 is 48.7. The van der Waals surface area contributed by atoms with E-state index >= 15 is 0 Å². The van der Waals surface area contributed by atoms with Gasteiger partial charge in [-0.05, 0) is 24.1 Å². The average molecular weight is 268 g/mol. The van der Waals surface area contributed by atoms with Gasteiger partial charge in [-0.1, -0.05) is 23.9 Å². The molecule has 1 rings (SSSR count). The van der Waals surface area contributed by atoms with Crippen LogP contribution >= 0.6 is 11.8 Å². The predicted octanol–water partition coefficient (Wildman–Crippen LogP) is 3.54. The van der Waals surface area contributed by atoms with E-state index in [0.717, 1.165) is 0 Å². The molecule has 1 nitrogen and oxygen atoms in total. The first-order valence-electron chi connectivity index (χ1n) is 4.99. The Labute approximate surface area is 101 Å². The second-order valence-corrected chi connectivity index (χ2v) is 4.68. The molecule has 1 aromatic rings. The maximum atomic E-state index is 12.9. The van der Waals surface area contributed by atoms with E-state index in [-0.39, 0.29) is 30.5 Å². The van der Waals surface area contributed by atoms with Crippen molar-refractivity contribution in [2.75, 3.05) is 12.4 Å². The van der Waals surface area contributed by atoms with Crippen molar-refractivity contribution >= 4 is 11.8 Å². The lowest BCUT2D eigenvalue weighted by molar-refractivity contribution is -0.0328. The van der Waals surface area contributed by atoms with Crippen molar-refractivity contribution in [1.29, 1.82) is 0 Å². The SMILES string of the molecule is OCC(CCSC(F)(F)F)c1cccc(F)c1. The lowest BCUT2D eigenvalue weighted by Crippen LogP contribution is -2.08. The van der Waals surface area contributed by atoms with Crippen LogP contribution in [0.15, 0.2) is 24.3 Å². The number of hydrogen-bond donors (Lipinski definition) is 1. The lowest BCUT2D eigenvalue weighted by atomic mass is 9.97. The van der Waals surface area contributed by atoms with Crippen LogP contribution in [-0.4, -0.2) is 23.0 Å². The third-order valence-corrected chi connectivity index (χ3v) is 3.04. The molecule has 1 atom stereocenters. The molecule has 0 spiro atoms. The summed E-state index contributed by atoms with van der Waals surface area (Å²) >= 11 is -0.129. The van der Waals surface area contributed by atoms with E-state index in [9.17, 15) is 17.6 Å². The summed E-state index contributed by atoms with van der Waals surface area (Å²) in [5.74, 6) is -1.06. The topological polar surface area (TPSA) is 20.2 Å². The summed E-state index contributed by atoms with van der Waals surface area (Å²) in [6.45, 7) is -0.290. The van der Waals surface area contributed by atoms with E-state index in [1.54, 1.807) is 6.07 Å². The Morgan fingerprint density at radius 3 is 2.53 bits per heavy atom. The molecule has 0 fully saturated rings. The maximum Gasteiger partial charge on any atom is 0.441 e. The summed E-state index contributed by atoms with van der Waals surface area (Å²) in [7, 11) is 0. The summed E-state index contributed by atoms with van der Waals surface area (Å²) in [4.78, 5) is 0. The van der Waals surface area contributed by atoms with Crippen LogP contribution in [0, 0.1) is 5.82 Å². The zero-order valence-corrected chi connectivity index (χ0v) is 9.69. The molecule has 0 amide bonds. The second kappa shape index (κ2) is 6.26. The first-order chi connectivity index (χ1) is 7.92. The van der Waals surface area contributed by atoms with Gasteiger partial charge in [0.15, 0.2) is 0 Å². The van der Waals surface area contributed by atoms with Crippen molar-refractivity contribution in [3.05, 3.63) is 35.6 Å². The molecule has 0 radical (unpaired) electrons. The Balaban J connectivity index is 2.54. The Morgan fingerprint density at radius 2 is 2.00 bits per heavy atom. The molecule has 0 saturated heterocycles. The molecular weight excluding hydrogens is 256 g/mol. The minimum Gasteiger partial charge on any atom is -0.396 e. The Kier molecular flexibility index (Phi) is 5.27. The highest BCUT2D eigenvalue weighted by molar-refractivity contribution is 8.00. The van der Waals surface area contributed by atoms with Gasteiger partial charge >= 0.3 is 5.51 Å². The number of thioether (sulfide) groups is 1. The van der Waals surface area contributed by atoms with E-state index in [4.69, 9.17) is 5.11 Å². The standard InChI is InChI=1S/C11H12F4OS/c12-10-3-1-2-8(6-10)9(7-16)4-5-17-11(13,14)15/h1-3,6,9,16H,4-5,7H2. The number of halogens is 4. The fourth-order valence-corrected chi connectivity index (χ4v) is 2.07. The van der Waals surface area contributed by atoms with E-state index in [0.29, 0.717) is 5.56 Å². The van der Waals surface area contributed by atoms with E-state index < -0.39 is 17.2 Å². The van der Waals surface area contributed by atoms with Crippen LogP contribution in [0.25, 0.3) is 0 Å². The first kappa shape index (κ1) is 14.3. The van der Waals surface area contributed by atoms with Gasteiger partial charge in [0.05, 0.1) is 0 Å². The van der Waals surface area contributed by atoms with Crippen LogP contribution in [0.3, 0.4) is 0 Å². The summed E-state index contributed by atoms with van der Waals surface area (Å²) in [5, 5.41) is 9.09. The minimum atomic E-state index is -4.26. The summed E-state index contributed by atoms with van der Waals surface area (Å²) in [6.07, 6.45) is 0.157. The van der Waals surface area contributed by atoms with Gasteiger partial charge in [0, 0.05) is 18.3 Å². The second-order valence-electron chi connectivity index (χ2n) is 3.52. The fourth-order valence-electron chi connectivity index (χ4n) is 1.44. The van der Waals surface area contributed by atoms with Crippen LogP contribution < -0.4 is 0 Å². The van der Waals surface area contributed by atoms with E-state index in [1.165, 1.54) is 18.2 Å². The molecule has 1 aromatic carbocycles. The number of aliphatic hydroxyl groups is 1. The number of rotatable bonds is 5. The van der Waals surface area contributed by atoms with Crippen LogP contribution in [0.2, 0.25) is 0 Å². The van der Waals surface area contributed by atoms with E-state index in [1.807, 2.05) is 0 Å². The van der Waals surface area contributed by atoms with Crippen LogP contribution in [0.4, 0.5) is 17.6 Å². The molecule has 0 saturated carbocycles. The average Bonchev–Trinajstić information content (AvgIpc) is 2.23. The predicted molar refractivity (Wildman–Crippen MR) is 59.4 cm³/mol. The number of aliphatic hydroxyl groups excluding tert-OH is 1. The number of alkyl halides is 3. The highest BCUT2D eigenvalue weighted by Gasteiger charge is 2.28. The van der Waals surface area contributed by atoms with Crippen molar-refractivity contribution < 1.29 is 22.7 Å². The Hall–Kier alpha value is -0.750. The van der Waals surface area contributed by atoms with Gasteiger partial charge in [-0.2, -0.15) is 13.2 Å². The maximum absolute atomic E-state index is 12.9. The molecular formula is C11H12F4OS. The molecule has 96 valence electrons. The molecule has 0 aromatic heterocycles. The van der Waals surface area contributed by atoms with Crippen molar-refractivity contribution in [3.63, 3.8) is 0 Å². The van der Waals surface area contributed by atoms with Crippen molar-refractivity contribution in [2.45, 2.75) is 17.8 Å². The molecule has 0 heterocycles. The van der Waals surface area contributed by atoms with Crippen LogP contribution in [-0.2, 0) is 0 Å². The van der Waals surface area contributed by atoms with Gasteiger partial charge in [-0.3, -0.25) is 0 Å². The quantitative estimate of drug-likeness (QED) is 0.824. The largest absolute Gasteiger partial charge is 0.441 e. The molecule has 0 bridgehead atoms. The van der Waals surface area contributed by atoms with Gasteiger partial charge in [-0.25, -0.2) is 4.39 Å². The summed E-state index contributed by atoms with van der Waals surface area (Å²) in [6, 6.07) is 5.56. The van der Waals surface area contributed by atoms with Crippen molar-refractivity contribution in [2.24, 2.45) is 0 Å². The van der Waals surface area contributed by atoms with Gasteiger partial charge in [-0.15, -0.1) is 0 Å². The van der Waals surface area contributed by atoms with Gasteiger partial charge in [0.1, 0.15) is 5.82 Å². The third-order valence-electron chi connectivity index (χ3n) is 2.27. The Morgan fingerprint density at radius 1 is 1.29 bits per heavy atom. The molecule has 0 aliphatic carbocycles. The monoisotopic (exact) mass is 268 g/mol. The minimum absolute atomic E-state index is 0.129. The fraction of sp³-hybridized carbons (Fsp3) is 0.455. The lowest BCUT2D eigenvalue weighted by Gasteiger charge is -2.14. The van der Waals surface area contributed by atoms with Crippen LogP contribution in [0.5, 0.6) is 0 Å². The first-order valence-corrected chi connectivity index (χ1v) is 5.98. The van der Waals surface area contributed by atoms with E-state index in [2.05, 4.69) is 0 Å². The van der Waals surface area contributed by atoms with Crippen molar-refractivity contribution in [1.82, 2.24) is 0 Å². The van der Waals surface area contributed by atoms with Crippen LogP contribution in [0.1, 0.15) is 17.9 Å². The van der Waals surface area contributed by atoms with Gasteiger partial charge in [0.2, 0.25) is 0 Å². The number of hydrogen-bond acceptors (Lipinski definition) is 2. The van der Waals surface area contributed by atoms with Crippen molar-refractivity contribution in [3.8, 4) is 0 Å². The van der Waals surface area contributed by atoms with Gasteiger partial charge in [0.25, 0.3) is 0 Å². The highest BCUT2D eigenvalue weighted by Crippen LogP contribution is 2.32. The third kappa shape index (κ3) is 5.41. The smallest absolute Gasteiger partial charge is 0.396 e.